The standard InChI is InChI=1S/C11H17NO2/c1-3-10-4-6-11(7-5-10)14-9-8-12(2)13/h4-7,13H,3,8-9H2,1-2H3. The minimum atomic E-state index is 0.498. The molecule has 0 saturated heterocycles. The zero-order valence-corrected chi connectivity index (χ0v) is 8.73. The lowest BCUT2D eigenvalue weighted by Gasteiger charge is -2.09. The highest BCUT2D eigenvalue weighted by Gasteiger charge is 1.95. The van der Waals surface area contributed by atoms with Crippen molar-refractivity contribution in [2.75, 3.05) is 20.2 Å². The summed E-state index contributed by atoms with van der Waals surface area (Å²) in [5.41, 5.74) is 1.30. The van der Waals surface area contributed by atoms with E-state index < -0.39 is 0 Å². The van der Waals surface area contributed by atoms with E-state index in [0.29, 0.717) is 13.2 Å². The van der Waals surface area contributed by atoms with Gasteiger partial charge in [-0.25, -0.2) is 0 Å². The summed E-state index contributed by atoms with van der Waals surface area (Å²) in [7, 11) is 1.60. The van der Waals surface area contributed by atoms with Gasteiger partial charge in [-0.3, -0.25) is 0 Å². The van der Waals surface area contributed by atoms with E-state index in [2.05, 4.69) is 19.1 Å². The Balaban J connectivity index is 2.36. The molecule has 0 spiro atoms. The summed E-state index contributed by atoms with van der Waals surface area (Å²) >= 11 is 0. The molecule has 1 aromatic carbocycles. The van der Waals surface area contributed by atoms with Gasteiger partial charge in [-0.2, -0.15) is 5.06 Å². The highest BCUT2D eigenvalue weighted by Crippen LogP contribution is 2.12. The molecule has 0 atom stereocenters. The largest absolute Gasteiger partial charge is 0.492 e. The molecule has 1 N–H and O–H groups in total. The molecular weight excluding hydrogens is 178 g/mol. The predicted molar refractivity (Wildman–Crippen MR) is 55.7 cm³/mol. The number of ether oxygens (including phenoxy) is 1. The molecule has 1 aromatic rings. The minimum Gasteiger partial charge on any atom is -0.492 e. The van der Waals surface area contributed by atoms with Gasteiger partial charge in [0.15, 0.2) is 0 Å². The molecule has 0 radical (unpaired) electrons. The maximum absolute atomic E-state index is 8.87. The second-order valence-electron chi connectivity index (χ2n) is 3.23. The van der Waals surface area contributed by atoms with Crippen LogP contribution < -0.4 is 4.74 Å². The smallest absolute Gasteiger partial charge is 0.119 e. The van der Waals surface area contributed by atoms with Crippen molar-refractivity contribution < 1.29 is 9.94 Å². The molecule has 0 fully saturated rings. The summed E-state index contributed by atoms with van der Waals surface area (Å²) in [6.45, 7) is 3.13. The van der Waals surface area contributed by atoms with Crippen LogP contribution >= 0.6 is 0 Å². The third-order valence-electron chi connectivity index (χ3n) is 2.02. The number of hydrogen-bond acceptors (Lipinski definition) is 3. The molecule has 0 aliphatic carbocycles. The first-order valence-electron chi connectivity index (χ1n) is 4.84. The Hall–Kier alpha value is -1.06. The van der Waals surface area contributed by atoms with Crippen molar-refractivity contribution in [1.29, 1.82) is 0 Å². The van der Waals surface area contributed by atoms with E-state index in [1.54, 1.807) is 7.05 Å². The number of rotatable bonds is 5. The van der Waals surface area contributed by atoms with E-state index in [1.165, 1.54) is 5.56 Å². The van der Waals surface area contributed by atoms with Crippen LogP contribution in [0, 0.1) is 0 Å². The van der Waals surface area contributed by atoms with Crippen LogP contribution in [0.15, 0.2) is 24.3 Å². The molecule has 0 saturated carbocycles. The van der Waals surface area contributed by atoms with Crippen molar-refractivity contribution in [1.82, 2.24) is 5.06 Å². The van der Waals surface area contributed by atoms with E-state index >= 15 is 0 Å². The Morgan fingerprint density at radius 1 is 1.29 bits per heavy atom. The third kappa shape index (κ3) is 3.77. The van der Waals surface area contributed by atoms with Gasteiger partial charge in [-0.15, -0.1) is 0 Å². The van der Waals surface area contributed by atoms with Crippen LogP contribution in [0.2, 0.25) is 0 Å². The quantitative estimate of drug-likeness (QED) is 0.729. The normalized spacial score (nSPS) is 10.6. The Morgan fingerprint density at radius 2 is 1.93 bits per heavy atom. The molecule has 78 valence electrons. The summed E-state index contributed by atoms with van der Waals surface area (Å²) in [5, 5.41) is 9.98. The molecule has 0 aliphatic heterocycles. The van der Waals surface area contributed by atoms with Crippen molar-refractivity contribution in [3.05, 3.63) is 29.8 Å². The number of nitrogens with zero attached hydrogens (tertiary/aromatic N) is 1. The van der Waals surface area contributed by atoms with Gasteiger partial charge < -0.3 is 9.94 Å². The molecule has 1 rings (SSSR count). The third-order valence-corrected chi connectivity index (χ3v) is 2.02. The van der Waals surface area contributed by atoms with E-state index in [4.69, 9.17) is 9.94 Å². The second kappa shape index (κ2) is 5.62. The average molecular weight is 195 g/mol. The number of benzene rings is 1. The first-order chi connectivity index (χ1) is 6.72. The fourth-order valence-electron chi connectivity index (χ4n) is 1.12. The maximum atomic E-state index is 8.87. The lowest BCUT2D eigenvalue weighted by atomic mass is 10.2. The Morgan fingerprint density at radius 3 is 2.43 bits per heavy atom. The van der Waals surface area contributed by atoms with Gasteiger partial charge in [0.05, 0.1) is 6.54 Å². The molecule has 0 aromatic heterocycles. The van der Waals surface area contributed by atoms with Crippen LogP contribution in [0.4, 0.5) is 0 Å². The van der Waals surface area contributed by atoms with Crippen molar-refractivity contribution in [2.24, 2.45) is 0 Å². The highest BCUT2D eigenvalue weighted by atomic mass is 16.5. The van der Waals surface area contributed by atoms with E-state index in [-0.39, 0.29) is 0 Å². The van der Waals surface area contributed by atoms with Crippen molar-refractivity contribution >= 4 is 0 Å². The zero-order valence-electron chi connectivity index (χ0n) is 8.73. The summed E-state index contributed by atoms with van der Waals surface area (Å²) in [6, 6.07) is 8.02. The Bertz CT molecular complexity index is 256. The Kier molecular flexibility index (Phi) is 4.43. The lowest BCUT2D eigenvalue weighted by Crippen LogP contribution is -2.20. The van der Waals surface area contributed by atoms with Crippen LogP contribution in [0.3, 0.4) is 0 Å². The van der Waals surface area contributed by atoms with Crippen molar-refractivity contribution in [2.45, 2.75) is 13.3 Å². The van der Waals surface area contributed by atoms with Crippen LogP contribution in [-0.4, -0.2) is 30.5 Å². The van der Waals surface area contributed by atoms with E-state index in [0.717, 1.165) is 17.2 Å². The predicted octanol–water partition coefficient (Wildman–Crippen LogP) is 1.95. The monoisotopic (exact) mass is 195 g/mol. The summed E-state index contributed by atoms with van der Waals surface area (Å²) in [6.07, 6.45) is 1.04. The summed E-state index contributed by atoms with van der Waals surface area (Å²) in [5.74, 6) is 0.851. The topological polar surface area (TPSA) is 32.7 Å². The number of likely N-dealkylation sites (N-methyl/N-ethyl adjacent to an activating group) is 1. The Labute approximate surface area is 84.9 Å². The van der Waals surface area contributed by atoms with Gasteiger partial charge in [0, 0.05) is 7.05 Å². The SMILES string of the molecule is CCc1ccc(OCCN(C)O)cc1. The molecule has 0 aliphatic rings. The number of aryl methyl sites for hydroxylation is 1. The average Bonchev–Trinajstić information content (AvgIpc) is 2.18. The second-order valence-corrected chi connectivity index (χ2v) is 3.23. The van der Waals surface area contributed by atoms with Gasteiger partial charge in [0.25, 0.3) is 0 Å². The van der Waals surface area contributed by atoms with E-state index in [1.807, 2.05) is 12.1 Å². The summed E-state index contributed by atoms with van der Waals surface area (Å²) < 4.78 is 5.41. The minimum absolute atomic E-state index is 0.498. The number of hydroxylamine groups is 2. The first kappa shape index (κ1) is 11.0. The molecular formula is C11H17NO2. The van der Waals surface area contributed by atoms with Gasteiger partial charge in [-0.1, -0.05) is 19.1 Å². The lowest BCUT2D eigenvalue weighted by molar-refractivity contribution is -0.0713. The number of hydrogen-bond donors (Lipinski definition) is 1. The fraction of sp³-hybridized carbons (Fsp3) is 0.455. The molecule has 3 nitrogen and oxygen atoms in total. The molecule has 0 bridgehead atoms. The van der Waals surface area contributed by atoms with Crippen LogP contribution in [0.1, 0.15) is 12.5 Å². The molecule has 0 amide bonds. The molecule has 3 heteroatoms. The van der Waals surface area contributed by atoms with Crippen molar-refractivity contribution in [3.63, 3.8) is 0 Å². The van der Waals surface area contributed by atoms with Gasteiger partial charge in [-0.05, 0) is 24.1 Å². The van der Waals surface area contributed by atoms with Gasteiger partial charge in [0.2, 0.25) is 0 Å². The fourth-order valence-corrected chi connectivity index (χ4v) is 1.12. The highest BCUT2D eigenvalue weighted by molar-refractivity contribution is 5.27. The van der Waals surface area contributed by atoms with E-state index in [9.17, 15) is 0 Å². The maximum Gasteiger partial charge on any atom is 0.119 e. The molecule has 0 unspecified atom stereocenters. The van der Waals surface area contributed by atoms with Gasteiger partial charge in [0.1, 0.15) is 12.4 Å². The molecule has 14 heavy (non-hydrogen) atoms. The van der Waals surface area contributed by atoms with Crippen LogP contribution in [0.25, 0.3) is 0 Å². The van der Waals surface area contributed by atoms with Crippen molar-refractivity contribution in [3.8, 4) is 5.75 Å². The van der Waals surface area contributed by atoms with Crippen LogP contribution in [0.5, 0.6) is 5.75 Å². The zero-order chi connectivity index (χ0) is 10.4. The molecule has 0 heterocycles. The first-order valence-corrected chi connectivity index (χ1v) is 4.84. The van der Waals surface area contributed by atoms with Gasteiger partial charge >= 0.3 is 0 Å². The van der Waals surface area contributed by atoms with Crippen LogP contribution in [-0.2, 0) is 6.42 Å². The summed E-state index contributed by atoms with van der Waals surface area (Å²) in [4.78, 5) is 0.